The Labute approximate surface area is 209 Å². The van der Waals surface area contributed by atoms with Crippen molar-refractivity contribution in [1.82, 2.24) is 4.90 Å². The van der Waals surface area contributed by atoms with Crippen molar-refractivity contribution < 1.29 is 4.79 Å². The standard InChI is InChI=1S/C27H35N3OS.ClH/c1-20(2)23-14-16-25(17-15-23)30(21(3)31)26-19-32-27(28-24-12-8-5-9-13-24)29(26)18-22-10-6-4-7-11-22;/h4,6-7,10-11,14-17,20,24,26H,5,8-9,12-13,18-19H2,1-3H3;1H. The summed E-state index contributed by atoms with van der Waals surface area (Å²) in [5.41, 5.74) is 3.50. The summed E-state index contributed by atoms with van der Waals surface area (Å²) in [7, 11) is 0. The van der Waals surface area contributed by atoms with E-state index in [-0.39, 0.29) is 24.5 Å². The summed E-state index contributed by atoms with van der Waals surface area (Å²) in [6.45, 7) is 6.83. The molecule has 1 saturated carbocycles. The second kappa shape index (κ2) is 11.9. The number of rotatable bonds is 6. The first-order valence-corrected chi connectivity index (χ1v) is 12.9. The Bertz CT molecular complexity index is 926. The molecule has 33 heavy (non-hydrogen) atoms. The first-order valence-electron chi connectivity index (χ1n) is 11.9. The lowest BCUT2D eigenvalue weighted by atomic mass is 9.96. The fraction of sp³-hybridized carbons (Fsp3) is 0.481. The zero-order valence-electron chi connectivity index (χ0n) is 19.9. The maximum Gasteiger partial charge on any atom is 0.225 e. The van der Waals surface area contributed by atoms with E-state index >= 15 is 0 Å². The number of carbonyl (C=O) groups is 1. The van der Waals surface area contributed by atoms with E-state index in [9.17, 15) is 4.79 Å². The summed E-state index contributed by atoms with van der Waals surface area (Å²) in [6, 6.07) is 19.4. The van der Waals surface area contributed by atoms with Crippen molar-refractivity contribution in [2.45, 2.75) is 77.5 Å². The summed E-state index contributed by atoms with van der Waals surface area (Å²) in [5, 5.41) is 1.09. The van der Waals surface area contributed by atoms with E-state index in [1.807, 2.05) is 4.90 Å². The Balaban J connectivity index is 0.00000306. The third-order valence-corrected chi connectivity index (χ3v) is 7.57. The van der Waals surface area contributed by atoms with Crippen molar-refractivity contribution >= 4 is 40.9 Å². The van der Waals surface area contributed by atoms with Crippen molar-refractivity contribution in [3.8, 4) is 0 Å². The van der Waals surface area contributed by atoms with Gasteiger partial charge in [-0.25, -0.2) is 0 Å². The molecule has 2 aromatic carbocycles. The van der Waals surface area contributed by atoms with Crippen molar-refractivity contribution in [3.05, 3.63) is 65.7 Å². The van der Waals surface area contributed by atoms with E-state index in [0.717, 1.165) is 23.2 Å². The highest BCUT2D eigenvalue weighted by molar-refractivity contribution is 8.14. The molecule has 1 aliphatic carbocycles. The van der Waals surface area contributed by atoms with E-state index in [2.05, 4.69) is 73.3 Å². The Morgan fingerprint density at radius 1 is 1.06 bits per heavy atom. The number of amidine groups is 1. The Morgan fingerprint density at radius 2 is 1.73 bits per heavy atom. The van der Waals surface area contributed by atoms with Gasteiger partial charge in [-0.1, -0.05) is 87.3 Å². The molecule has 0 radical (unpaired) electrons. The van der Waals surface area contributed by atoms with Gasteiger partial charge in [0.15, 0.2) is 5.17 Å². The van der Waals surface area contributed by atoms with Gasteiger partial charge in [-0.2, -0.15) is 0 Å². The van der Waals surface area contributed by atoms with Crippen LogP contribution < -0.4 is 4.90 Å². The molecule has 1 atom stereocenters. The van der Waals surface area contributed by atoms with Gasteiger partial charge in [0.1, 0.15) is 6.17 Å². The SMILES string of the molecule is CC(=O)N(c1ccc(C(C)C)cc1)C1CSC(=NC2CCCCC2)N1Cc1ccccc1.Cl. The topological polar surface area (TPSA) is 35.9 Å². The molecule has 1 amide bonds. The molecule has 2 fully saturated rings. The van der Waals surface area contributed by atoms with Crippen LogP contribution in [0.2, 0.25) is 0 Å². The number of amides is 1. The van der Waals surface area contributed by atoms with E-state index in [0.29, 0.717) is 12.0 Å². The summed E-state index contributed by atoms with van der Waals surface area (Å²) in [4.78, 5) is 22.4. The van der Waals surface area contributed by atoms with E-state index < -0.39 is 0 Å². The predicted octanol–water partition coefficient (Wildman–Crippen LogP) is 6.85. The first kappa shape index (κ1) is 25.6. The van der Waals surface area contributed by atoms with Crippen LogP contribution in [0.1, 0.15) is 69.9 Å². The molecular weight excluding hydrogens is 450 g/mol. The van der Waals surface area contributed by atoms with E-state index in [1.54, 1.807) is 18.7 Å². The smallest absolute Gasteiger partial charge is 0.225 e. The number of anilines is 1. The number of halogens is 1. The van der Waals surface area contributed by atoms with Crippen LogP contribution in [0.4, 0.5) is 5.69 Å². The molecule has 4 nitrogen and oxygen atoms in total. The predicted molar refractivity (Wildman–Crippen MR) is 143 cm³/mol. The minimum Gasteiger partial charge on any atom is -0.325 e. The zero-order valence-corrected chi connectivity index (χ0v) is 21.6. The Kier molecular flexibility index (Phi) is 9.27. The highest BCUT2D eigenvalue weighted by atomic mass is 35.5. The number of nitrogens with zero attached hydrogens (tertiary/aromatic N) is 3. The Hall–Kier alpha value is -1.98. The third-order valence-electron chi connectivity index (χ3n) is 6.51. The first-order chi connectivity index (χ1) is 15.5. The molecule has 0 N–H and O–H groups in total. The molecule has 0 spiro atoms. The van der Waals surface area contributed by atoms with Crippen LogP contribution in [-0.4, -0.2) is 33.9 Å². The van der Waals surface area contributed by atoms with Gasteiger partial charge in [-0.15, -0.1) is 12.4 Å². The molecule has 1 heterocycles. The maximum atomic E-state index is 12.9. The second-order valence-electron chi connectivity index (χ2n) is 9.24. The lowest BCUT2D eigenvalue weighted by Crippen LogP contribution is -2.49. The van der Waals surface area contributed by atoms with Crippen LogP contribution in [0.5, 0.6) is 0 Å². The third kappa shape index (κ3) is 6.33. The quantitative estimate of drug-likeness (QED) is 0.449. The minimum atomic E-state index is -0.0371. The van der Waals surface area contributed by atoms with Crippen molar-refractivity contribution in [2.75, 3.05) is 10.7 Å². The number of hydrogen-bond acceptors (Lipinski definition) is 3. The van der Waals surface area contributed by atoms with E-state index in [1.165, 1.54) is 43.2 Å². The van der Waals surface area contributed by atoms with Gasteiger partial charge in [-0.05, 0) is 42.0 Å². The van der Waals surface area contributed by atoms with E-state index in [4.69, 9.17) is 4.99 Å². The second-order valence-corrected chi connectivity index (χ2v) is 10.2. The monoisotopic (exact) mass is 485 g/mol. The number of thioether (sulfide) groups is 1. The number of aliphatic imine (C=N–C) groups is 1. The average molecular weight is 486 g/mol. The molecule has 1 unspecified atom stereocenters. The van der Waals surface area contributed by atoms with Gasteiger partial charge < -0.3 is 4.90 Å². The highest BCUT2D eigenvalue weighted by Gasteiger charge is 2.37. The molecule has 2 aromatic rings. The molecule has 1 saturated heterocycles. The normalized spacial score (nSPS) is 20.2. The number of hydrogen-bond donors (Lipinski definition) is 0. The fourth-order valence-electron chi connectivity index (χ4n) is 4.68. The van der Waals surface area contributed by atoms with Crippen molar-refractivity contribution in [1.29, 1.82) is 0 Å². The van der Waals surface area contributed by atoms with Crippen LogP contribution in [0.3, 0.4) is 0 Å². The number of benzene rings is 2. The fourth-order valence-corrected chi connectivity index (χ4v) is 5.88. The van der Waals surface area contributed by atoms with Crippen molar-refractivity contribution in [3.63, 3.8) is 0 Å². The molecule has 2 aliphatic rings. The molecule has 0 aromatic heterocycles. The summed E-state index contributed by atoms with van der Waals surface area (Å²) >= 11 is 1.80. The molecule has 178 valence electrons. The average Bonchev–Trinajstić information content (AvgIpc) is 3.17. The lowest BCUT2D eigenvalue weighted by molar-refractivity contribution is -0.117. The van der Waals surface area contributed by atoms with Crippen LogP contribution in [-0.2, 0) is 11.3 Å². The van der Waals surface area contributed by atoms with Crippen LogP contribution in [0, 0.1) is 0 Å². The van der Waals surface area contributed by atoms with Gasteiger partial charge in [0, 0.05) is 24.9 Å². The highest BCUT2D eigenvalue weighted by Crippen LogP contribution is 2.34. The van der Waals surface area contributed by atoms with Crippen LogP contribution >= 0.6 is 24.2 Å². The van der Waals surface area contributed by atoms with Gasteiger partial charge in [0.2, 0.25) is 5.91 Å². The summed E-state index contributed by atoms with van der Waals surface area (Å²) in [6.07, 6.45) is 6.20. The van der Waals surface area contributed by atoms with Crippen LogP contribution in [0.25, 0.3) is 0 Å². The van der Waals surface area contributed by atoms with Gasteiger partial charge in [0.25, 0.3) is 0 Å². The lowest BCUT2D eigenvalue weighted by Gasteiger charge is -2.35. The van der Waals surface area contributed by atoms with Crippen molar-refractivity contribution in [2.24, 2.45) is 4.99 Å². The largest absolute Gasteiger partial charge is 0.325 e. The van der Waals surface area contributed by atoms with Gasteiger partial charge in [0.05, 0.1) is 6.04 Å². The van der Waals surface area contributed by atoms with Gasteiger partial charge >= 0.3 is 0 Å². The van der Waals surface area contributed by atoms with Gasteiger partial charge in [-0.3, -0.25) is 14.7 Å². The molecule has 4 rings (SSSR count). The Morgan fingerprint density at radius 3 is 2.33 bits per heavy atom. The molecule has 1 aliphatic heterocycles. The minimum absolute atomic E-state index is 0. The zero-order chi connectivity index (χ0) is 22.5. The molecule has 6 heteroatoms. The molecular formula is C27H36ClN3OS. The van der Waals surface area contributed by atoms with Crippen LogP contribution in [0.15, 0.2) is 59.6 Å². The summed E-state index contributed by atoms with van der Waals surface area (Å²) in [5.74, 6) is 1.38. The maximum absolute atomic E-state index is 12.9. The number of carbonyl (C=O) groups excluding carboxylic acids is 1. The summed E-state index contributed by atoms with van der Waals surface area (Å²) < 4.78 is 0. The molecule has 0 bridgehead atoms.